The number of nitrogens with one attached hydrogen (secondary N) is 1. The highest BCUT2D eigenvalue weighted by molar-refractivity contribution is 6.09. The van der Waals surface area contributed by atoms with E-state index in [1.165, 1.54) is 29.8 Å². The number of rotatable bonds is 5. The van der Waals surface area contributed by atoms with Gasteiger partial charge in [0.05, 0.1) is 17.9 Å². The first-order chi connectivity index (χ1) is 13.9. The lowest BCUT2D eigenvalue weighted by molar-refractivity contribution is -0.112. The molecule has 1 amide bonds. The molecule has 0 saturated carbocycles. The summed E-state index contributed by atoms with van der Waals surface area (Å²) in [5.74, 6) is -1.22. The number of hydrogen-bond donors (Lipinski definition) is 1. The van der Waals surface area contributed by atoms with Gasteiger partial charge >= 0.3 is 0 Å². The van der Waals surface area contributed by atoms with Gasteiger partial charge in [-0.1, -0.05) is 42.0 Å². The Kier molecular flexibility index (Phi) is 5.89. The van der Waals surface area contributed by atoms with Gasteiger partial charge in [0.2, 0.25) is 0 Å². The number of aryl methyl sites for hydroxylation is 2. The van der Waals surface area contributed by atoms with Crippen molar-refractivity contribution in [3.05, 3.63) is 88.0 Å². The second-order valence-electron chi connectivity index (χ2n) is 6.83. The van der Waals surface area contributed by atoms with Crippen molar-refractivity contribution in [1.29, 1.82) is 5.26 Å². The highest BCUT2D eigenvalue weighted by atomic mass is 19.1. The number of aromatic nitrogens is 2. The fourth-order valence-corrected chi connectivity index (χ4v) is 2.99. The van der Waals surface area contributed by atoms with Gasteiger partial charge in [-0.2, -0.15) is 10.4 Å². The number of para-hydroxylation sites is 1. The van der Waals surface area contributed by atoms with E-state index in [1.807, 2.05) is 55.8 Å². The second-order valence-corrected chi connectivity index (χ2v) is 6.83. The molecule has 0 aliphatic heterocycles. The van der Waals surface area contributed by atoms with Gasteiger partial charge in [-0.15, -0.1) is 0 Å². The zero-order valence-corrected chi connectivity index (χ0v) is 16.5. The average Bonchev–Trinajstić information content (AvgIpc) is 2.96. The van der Waals surface area contributed by atoms with Crippen LogP contribution in [0.15, 0.2) is 54.1 Å². The van der Waals surface area contributed by atoms with Crippen molar-refractivity contribution in [3.63, 3.8) is 0 Å². The summed E-state index contributed by atoms with van der Waals surface area (Å²) in [7, 11) is 0. The topological polar surface area (TPSA) is 70.7 Å². The summed E-state index contributed by atoms with van der Waals surface area (Å²) >= 11 is 0. The normalized spacial score (nSPS) is 11.2. The Morgan fingerprint density at radius 3 is 2.52 bits per heavy atom. The third-order valence-electron chi connectivity index (χ3n) is 4.67. The minimum Gasteiger partial charge on any atom is -0.319 e. The van der Waals surface area contributed by atoms with E-state index in [9.17, 15) is 14.4 Å². The molecule has 5 nitrogen and oxygen atoms in total. The summed E-state index contributed by atoms with van der Waals surface area (Å²) in [6.07, 6.45) is 1.50. The maximum absolute atomic E-state index is 13.8. The van der Waals surface area contributed by atoms with Crippen LogP contribution >= 0.6 is 0 Å². The van der Waals surface area contributed by atoms with E-state index >= 15 is 0 Å². The molecule has 29 heavy (non-hydrogen) atoms. The van der Waals surface area contributed by atoms with Gasteiger partial charge in [0, 0.05) is 11.3 Å². The van der Waals surface area contributed by atoms with Gasteiger partial charge in [0.1, 0.15) is 17.5 Å². The molecule has 0 atom stereocenters. The first kappa shape index (κ1) is 20.0. The fraction of sp³-hybridized carbons (Fsp3) is 0.174. The van der Waals surface area contributed by atoms with E-state index in [-0.39, 0.29) is 11.3 Å². The number of hydrogen-bond acceptors (Lipinski definition) is 3. The summed E-state index contributed by atoms with van der Waals surface area (Å²) < 4.78 is 15.6. The predicted molar refractivity (Wildman–Crippen MR) is 111 cm³/mol. The number of carbonyl (C=O) groups is 1. The van der Waals surface area contributed by atoms with Crippen molar-refractivity contribution in [2.45, 2.75) is 27.3 Å². The van der Waals surface area contributed by atoms with Crippen LogP contribution in [0.25, 0.3) is 6.08 Å². The van der Waals surface area contributed by atoms with E-state index in [0.717, 1.165) is 11.3 Å². The van der Waals surface area contributed by atoms with Crippen LogP contribution in [-0.4, -0.2) is 15.7 Å². The quantitative estimate of drug-likeness (QED) is 0.515. The van der Waals surface area contributed by atoms with Gasteiger partial charge in [0.25, 0.3) is 5.91 Å². The molecule has 1 heterocycles. The van der Waals surface area contributed by atoms with Crippen LogP contribution in [0.2, 0.25) is 0 Å². The Morgan fingerprint density at radius 1 is 1.17 bits per heavy atom. The molecule has 0 fully saturated rings. The number of benzene rings is 2. The molecule has 2 aromatic carbocycles. The summed E-state index contributed by atoms with van der Waals surface area (Å²) in [4.78, 5) is 12.5. The molecule has 3 aromatic rings. The highest BCUT2D eigenvalue weighted by Gasteiger charge is 2.16. The van der Waals surface area contributed by atoms with Crippen molar-refractivity contribution in [1.82, 2.24) is 9.78 Å². The zero-order chi connectivity index (χ0) is 21.0. The molecule has 0 bridgehead atoms. The number of nitriles is 1. The first-order valence-electron chi connectivity index (χ1n) is 9.16. The Morgan fingerprint density at radius 2 is 1.86 bits per heavy atom. The Bertz CT molecular complexity index is 1120. The number of halogens is 1. The van der Waals surface area contributed by atoms with Gasteiger partial charge in [-0.3, -0.25) is 9.48 Å². The maximum Gasteiger partial charge on any atom is 0.266 e. The van der Waals surface area contributed by atoms with E-state index in [1.54, 1.807) is 6.07 Å². The van der Waals surface area contributed by atoms with E-state index < -0.39 is 11.7 Å². The number of carbonyl (C=O) groups excluding carboxylic acids is 1. The molecule has 0 saturated heterocycles. The van der Waals surface area contributed by atoms with Crippen LogP contribution < -0.4 is 5.32 Å². The molecule has 0 aliphatic carbocycles. The van der Waals surface area contributed by atoms with Crippen molar-refractivity contribution < 1.29 is 9.18 Å². The monoisotopic (exact) mass is 388 g/mol. The lowest BCUT2D eigenvalue weighted by Gasteiger charge is -2.06. The maximum atomic E-state index is 13.8. The van der Waals surface area contributed by atoms with Crippen molar-refractivity contribution in [2.24, 2.45) is 0 Å². The first-order valence-corrected chi connectivity index (χ1v) is 9.16. The summed E-state index contributed by atoms with van der Waals surface area (Å²) in [6.45, 7) is 6.34. The van der Waals surface area contributed by atoms with Crippen LogP contribution in [0.1, 0.15) is 28.1 Å². The molecule has 0 aliphatic rings. The number of anilines is 1. The van der Waals surface area contributed by atoms with E-state index in [0.29, 0.717) is 17.8 Å². The van der Waals surface area contributed by atoms with Gasteiger partial charge < -0.3 is 5.32 Å². The van der Waals surface area contributed by atoms with Crippen LogP contribution in [-0.2, 0) is 11.3 Å². The Hall–Kier alpha value is -3.72. The Labute approximate surface area is 169 Å². The average molecular weight is 388 g/mol. The van der Waals surface area contributed by atoms with E-state index in [2.05, 4.69) is 10.4 Å². The molecule has 3 rings (SSSR count). The molecule has 0 radical (unpaired) electrons. The minimum atomic E-state index is -0.664. The lowest BCUT2D eigenvalue weighted by Crippen LogP contribution is -2.14. The van der Waals surface area contributed by atoms with Crippen LogP contribution in [0, 0.1) is 37.9 Å². The van der Waals surface area contributed by atoms with Gasteiger partial charge in [-0.05, 0) is 44.5 Å². The number of nitrogens with zero attached hydrogens (tertiary/aromatic N) is 3. The summed E-state index contributed by atoms with van der Waals surface area (Å²) in [6, 6.07) is 15.9. The molecule has 1 aromatic heterocycles. The lowest BCUT2D eigenvalue weighted by atomic mass is 10.1. The highest BCUT2D eigenvalue weighted by Crippen LogP contribution is 2.20. The summed E-state index contributed by atoms with van der Waals surface area (Å²) in [5, 5.41) is 16.4. The minimum absolute atomic E-state index is 0.0298. The van der Waals surface area contributed by atoms with Crippen LogP contribution in [0.4, 0.5) is 10.1 Å². The zero-order valence-electron chi connectivity index (χ0n) is 16.5. The molecule has 0 spiro atoms. The molecule has 146 valence electrons. The van der Waals surface area contributed by atoms with E-state index in [4.69, 9.17) is 0 Å². The molecule has 0 unspecified atom stereocenters. The van der Waals surface area contributed by atoms with Gasteiger partial charge in [-0.25, -0.2) is 4.39 Å². The van der Waals surface area contributed by atoms with Crippen molar-refractivity contribution >= 4 is 17.7 Å². The third-order valence-corrected chi connectivity index (χ3v) is 4.67. The largest absolute Gasteiger partial charge is 0.319 e. The smallest absolute Gasteiger partial charge is 0.266 e. The van der Waals surface area contributed by atoms with Crippen molar-refractivity contribution in [2.75, 3.05) is 5.32 Å². The van der Waals surface area contributed by atoms with Crippen molar-refractivity contribution in [3.8, 4) is 6.07 Å². The molecular formula is C23H21FN4O. The molecular weight excluding hydrogens is 367 g/mol. The second kappa shape index (κ2) is 8.53. The summed E-state index contributed by atoms with van der Waals surface area (Å²) in [5.41, 5.74) is 4.46. The fourth-order valence-electron chi connectivity index (χ4n) is 2.99. The third kappa shape index (κ3) is 4.58. The molecule has 6 heteroatoms. The molecule has 1 N–H and O–H groups in total. The Balaban J connectivity index is 1.86. The standard InChI is InChI=1S/C23H21FN4O/c1-15-8-10-18(11-9-15)14-28-17(3)20(16(2)27-28)12-19(13-25)23(29)26-22-7-5-4-6-21(22)24/h4-12H,14H2,1-3H3,(H,26,29)/b19-12+. The van der Waals surface area contributed by atoms with Crippen LogP contribution in [0.5, 0.6) is 0 Å². The van der Waals surface area contributed by atoms with Gasteiger partial charge in [0.15, 0.2) is 0 Å². The number of amides is 1. The SMILES string of the molecule is Cc1ccc(Cn2nc(C)c(/C=C(\C#N)C(=O)Nc3ccccc3F)c2C)cc1. The van der Waals surface area contributed by atoms with Crippen LogP contribution in [0.3, 0.4) is 0 Å². The predicted octanol–water partition coefficient (Wildman–Crippen LogP) is 4.54.